The summed E-state index contributed by atoms with van der Waals surface area (Å²) in [4.78, 5) is 15.4. The van der Waals surface area contributed by atoms with Gasteiger partial charge in [0.15, 0.2) is 0 Å². The van der Waals surface area contributed by atoms with Gasteiger partial charge in [-0.15, -0.1) is 0 Å². The van der Waals surface area contributed by atoms with Crippen molar-refractivity contribution in [3.8, 4) is 0 Å². The molecular formula is C17H18FN3O2. The monoisotopic (exact) mass is 315 g/mol. The van der Waals surface area contributed by atoms with Crippen molar-refractivity contribution in [3.63, 3.8) is 0 Å². The van der Waals surface area contributed by atoms with Crippen LogP contribution >= 0.6 is 0 Å². The maximum atomic E-state index is 13.6. The van der Waals surface area contributed by atoms with E-state index >= 15 is 0 Å². The number of carbonyl (C=O) groups excluding carboxylic acids is 1. The Morgan fingerprint density at radius 1 is 1.35 bits per heavy atom. The summed E-state index contributed by atoms with van der Waals surface area (Å²) >= 11 is 0. The molecule has 1 amide bonds. The van der Waals surface area contributed by atoms with E-state index in [1.54, 1.807) is 6.07 Å². The van der Waals surface area contributed by atoms with Crippen molar-refractivity contribution in [2.45, 2.75) is 38.2 Å². The van der Waals surface area contributed by atoms with Crippen molar-refractivity contribution >= 4 is 22.5 Å². The number of rotatable bonds is 2. The zero-order valence-electron chi connectivity index (χ0n) is 12.7. The summed E-state index contributed by atoms with van der Waals surface area (Å²) in [5.41, 5.74) is 6.31. The predicted molar refractivity (Wildman–Crippen MR) is 84.8 cm³/mol. The number of hydrogen-bond donors (Lipinski definition) is 2. The molecule has 1 aliphatic heterocycles. The SMILES string of the molecule is O=C(NN=C1CCCc2[nH]c3ccc(F)cc3c21)C1CCCO1. The highest BCUT2D eigenvalue weighted by molar-refractivity contribution is 6.12. The Bertz CT molecular complexity index is 790. The Morgan fingerprint density at radius 3 is 3.09 bits per heavy atom. The lowest BCUT2D eigenvalue weighted by Crippen LogP contribution is -2.31. The summed E-state index contributed by atoms with van der Waals surface area (Å²) in [7, 11) is 0. The minimum atomic E-state index is -0.400. The first kappa shape index (κ1) is 14.4. The van der Waals surface area contributed by atoms with Crippen LogP contribution in [0.25, 0.3) is 10.9 Å². The van der Waals surface area contributed by atoms with Crippen LogP contribution in [-0.4, -0.2) is 29.3 Å². The Balaban J connectivity index is 1.66. The van der Waals surface area contributed by atoms with Crippen LogP contribution in [0.1, 0.15) is 36.9 Å². The first-order chi connectivity index (χ1) is 11.2. The summed E-state index contributed by atoms with van der Waals surface area (Å²) in [6.07, 6.45) is 3.87. The molecule has 120 valence electrons. The van der Waals surface area contributed by atoms with E-state index < -0.39 is 6.10 Å². The van der Waals surface area contributed by atoms with Gasteiger partial charge in [0.2, 0.25) is 0 Å². The average Bonchev–Trinajstić information content (AvgIpc) is 3.20. The highest BCUT2D eigenvalue weighted by Crippen LogP contribution is 2.30. The van der Waals surface area contributed by atoms with E-state index in [9.17, 15) is 9.18 Å². The number of aromatic nitrogens is 1. The number of amides is 1. The van der Waals surface area contributed by atoms with Crippen LogP contribution in [0, 0.1) is 5.82 Å². The molecule has 1 unspecified atom stereocenters. The van der Waals surface area contributed by atoms with Crippen LogP contribution in [0.15, 0.2) is 23.3 Å². The van der Waals surface area contributed by atoms with Crippen molar-refractivity contribution in [1.82, 2.24) is 10.4 Å². The van der Waals surface area contributed by atoms with Crippen molar-refractivity contribution in [1.29, 1.82) is 0 Å². The van der Waals surface area contributed by atoms with Gasteiger partial charge in [-0.1, -0.05) is 0 Å². The maximum Gasteiger partial charge on any atom is 0.269 e. The molecule has 0 saturated carbocycles. The van der Waals surface area contributed by atoms with Gasteiger partial charge < -0.3 is 9.72 Å². The fourth-order valence-electron chi connectivity index (χ4n) is 3.39. The maximum absolute atomic E-state index is 13.6. The fraction of sp³-hybridized carbons (Fsp3) is 0.412. The second-order valence-corrected chi connectivity index (χ2v) is 6.06. The van der Waals surface area contributed by atoms with Crippen molar-refractivity contribution < 1.29 is 13.9 Å². The average molecular weight is 315 g/mol. The van der Waals surface area contributed by atoms with Crippen LogP contribution in [0.5, 0.6) is 0 Å². The van der Waals surface area contributed by atoms with Gasteiger partial charge in [0.05, 0.1) is 5.71 Å². The third kappa shape index (κ3) is 2.63. The molecule has 2 aromatic rings. The van der Waals surface area contributed by atoms with E-state index in [1.807, 2.05) is 0 Å². The molecule has 23 heavy (non-hydrogen) atoms. The predicted octanol–water partition coefficient (Wildman–Crippen LogP) is 2.64. The fourth-order valence-corrected chi connectivity index (χ4v) is 3.39. The molecule has 1 aromatic heterocycles. The summed E-state index contributed by atoms with van der Waals surface area (Å²) < 4.78 is 18.9. The zero-order chi connectivity index (χ0) is 15.8. The van der Waals surface area contributed by atoms with E-state index in [0.717, 1.165) is 60.0 Å². The number of aryl methyl sites for hydroxylation is 1. The lowest BCUT2D eigenvalue weighted by molar-refractivity contribution is -0.130. The van der Waals surface area contributed by atoms with Crippen LogP contribution in [0.2, 0.25) is 0 Å². The third-order valence-corrected chi connectivity index (χ3v) is 4.49. The lowest BCUT2D eigenvalue weighted by Gasteiger charge is -2.15. The highest BCUT2D eigenvalue weighted by Gasteiger charge is 2.25. The summed E-state index contributed by atoms with van der Waals surface area (Å²) in [6.45, 7) is 0.626. The number of benzene rings is 1. The smallest absolute Gasteiger partial charge is 0.269 e. The van der Waals surface area contributed by atoms with Crippen molar-refractivity contribution in [2.75, 3.05) is 6.61 Å². The number of H-pyrrole nitrogens is 1. The number of nitrogens with one attached hydrogen (secondary N) is 2. The number of hydrazone groups is 1. The zero-order valence-corrected chi connectivity index (χ0v) is 12.7. The molecule has 0 spiro atoms. The summed E-state index contributed by atoms with van der Waals surface area (Å²) in [5.74, 6) is -0.472. The van der Waals surface area contributed by atoms with Crippen LogP contribution < -0.4 is 5.43 Å². The number of nitrogens with zero attached hydrogens (tertiary/aromatic N) is 1. The molecule has 1 aliphatic carbocycles. The second-order valence-electron chi connectivity index (χ2n) is 6.06. The Hall–Kier alpha value is -2.21. The lowest BCUT2D eigenvalue weighted by atomic mass is 9.93. The first-order valence-electron chi connectivity index (χ1n) is 8.01. The van der Waals surface area contributed by atoms with Gasteiger partial charge >= 0.3 is 0 Å². The largest absolute Gasteiger partial charge is 0.368 e. The van der Waals surface area contributed by atoms with Gasteiger partial charge in [0.1, 0.15) is 11.9 Å². The molecule has 1 aromatic carbocycles. The normalized spacial score (nSPS) is 22.5. The Kier molecular flexibility index (Phi) is 3.61. The molecule has 2 heterocycles. The third-order valence-electron chi connectivity index (χ3n) is 4.49. The van der Waals surface area contributed by atoms with Gasteiger partial charge in [-0.25, -0.2) is 9.82 Å². The molecule has 5 nitrogen and oxygen atoms in total. The highest BCUT2D eigenvalue weighted by atomic mass is 19.1. The van der Waals surface area contributed by atoms with E-state index in [-0.39, 0.29) is 11.7 Å². The summed E-state index contributed by atoms with van der Waals surface area (Å²) in [5, 5.41) is 5.14. The number of aromatic amines is 1. The van der Waals surface area contributed by atoms with Gasteiger partial charge in [-0.3, -0.25) is 4.79 Å². The molecular weight excluding hydrogens is 297 g/mol. The standard InChI is InChI=1S/C17H18FN3O2/c18-10-6-7-12-11(9-10)16-13(19-12)3-1-4-14(16)20-21-17(22)15-5-2-8-23-15/h6-7,9,15,19H,1-5,8H2,(H,21,22). The Morgan fingerprint density at radius 2 is 2.26 bits per heavy atom. The molecule has 2 N–H and O–H groups in total. The quantitative estimate of drug-likeness (QED) is 0.837. The Labute approximate surface area is 132 Å². The molecule has 0 bridgehead atoms. The minimum Gasteiger partial charge on any atom is -0.368 e. The van der Waals surface area contributed by atoms with Gasteiger partial charge in [-0.2, -0.15) is 5.10 Å². The van der Waals surface area contributed by atoms with Gasteiger partial charge in [0.25, 0.3) is 5.91 Å². The van der Waals surface area contributed by atoms with Crippen LogP contribution in [0.4, 0.5) is 4.39 Å². The number of fused-ring (bicyclic) bond motifs is 3. The summed E-state index contributed by atoms with van der Waals surface area (Å²) in [6, 6.07) is 4.71. The van der Waals surface area contributed by atoms with Crippen LogP contribution in [-0.2, 0) is 16.0 Å². The van der Waals surface area contributed by atoms with E-state index in [1.165, 1.54) is 12.1 Å². The van der Waals surface area contributed by atoms with E-state index in [4.69, 9.17) is 4.74 Å². The first-order valence-corrected chi connectivity index (χ1v) is 8.01. The van der Waals surface area contributed by atoms with Crippen molar-refractivity contribution in [2.24, 2.45) is 5.10 Å². The van der Waals surface area contributed by atoms with Crippen molar-refractivity contribution in [3.05, 3.63) is 35.3 Å². The molecule has 6 heteroatoms. The molecule has 1 saturated heterocycles. The molecule has 1 fully saturated rings. The van der Waals surface area contributed by atoms with Crippen LogP contribution in [0.3, 0.4) is 0 Å². The number of ether oxygens (including phenoxy) is 1. The molecule has 2 aliphatic rings. The van der Waals surface area contributed by atoms with Gasteiger partial charge in [-0.05, 0) is 50.3 Å². The second kappa shape index (κ2) is 5.77. The molecule has 0 radical (unpaired) electrons. The molecule has 1 atom stereocenters. The van der Waals surface area contributed by atoms with E-state index in [0.29, 0.717) is 6.61 Å². The number of halogens is 1. The number of carbonyl (C=O) groups is 1. The minimum absolute atomic E-state index is 0.201. The molecule has 4 rings (SSSR count). The topological polar surface area (TPSA) is 66.5 Å². The van der Waals surface area contributed by atoms with Gasteiger partial charge in [0, 0.05) is 28.8 Å². The van der Waals surface area contributed by atoms with E-state index in [2.05, 4.69) is 15.5 Å². The number of hydrogen-bond acceptors (Lipinski definition) is 3.